The molecule has 2 saturated heterocycles. The molecule has 2 aliphatic rings. The van der Waals surface area contributed by atoms with Gasteiger partial charge in [0, 0.05) is 23.4 Å². The Morgan fingerprint density at radius 3 is 2.27 bits per heavy atom. The molecule has 218 valence electrons. The molecule has 3 aromatic rings. The zero-order chi connectivity index (χ0) is 30.0. The molecule has 3 atom stereocenters. The van der Waals surface area contributed by atoms with Gasteiger partial charge >= 0.3 is 6.09 Å². The van der Waals surface area contributed by atoms with Crippen LogP contribution in [0.2, 0.25) is 5.15 Å². The van der Waals surface area contributed by atoms with Crippen LogP contribution in [0, 0.1) is 13.8 Å². The Morgan fingerprint density at radius 2 is 1.66 bits per heavy atom. The molecule has 1 amide bonds. The van der Waals surface area contributed by atoms with E-state index in [-0.39, 0.29) is 27.8 Å². The number of aromatic nitrogens is 1. The van der Waals surface area contributed by atoms with Crippen LogP contribution >= 0.6 is 11.6 Å². The third-order valence-electron chi connectivity index (χ3n) is 7.84. The fraction of sp³-hybridized carbons (Fsp3) is 0.400. The first-order valence-electron chi connectivity index (χ1n) is 13.4. The van der Waals surface area contributed by atoms with E-state index in [1.54, 1.807) is 57.2 Å². The molecule has 0 spiro atoms. The zero-order valence-corrected chi connectivity index (χ0v) is 26.0. The fourth-order valence-electron chi connectivity index (χ4n) is 6.04. The van der Waals surface area contributed by atoms with Crippen molar-refractivity contribution in [2.24, 2.45) is 0 Å². The van der Waals surface area contributed by atoms with E-state index in [1.807, 2.05) is 13.8 Å². The maximum atomic E-state index is 15.0. The van der Waals surface area contributed by atoms with E-state index in [0.29, 0.717) is 17.5 Å². The van der Waals surface area contributed by atoms with Crippen molar-refractivity contribution < 1.29 is 26.4 Å². The Morgan fingerprint density at radius 1 is 1.00 bits per heavy atom. The maximum absolute atomic E-state index is 15.0. The quantitative estimate of drug-likeness (QED) is 0.317. The van der Waals surface area contributed by atoms with Crippen LogP contribution in [0.25, 0.3) is 11.1 Å². The van der Waals surface area contributed by atoms with Gasteiger partial charge in [0.25, 0.3) is 0 Å². The lowest BCUT2D eigenvalue weighted by Crippen LogP contribution is -2.58. The number of ether oxygens (including phenoxy) is 1. The number of hydrogen-bond donors (Lipinski definition) is 0. The minimum Gasteiger partial charge on any atom is -0.444 e. The molecule has 0 aliphatic carbocycles. The van der Waals surface area contributed by atoms with Gasteiger partial charge in [-0.25, -0.2) is 26.6 Å². The fourth-order valence-corrected chi connectivity index (χ4v) is 11.4. The van der Waals surface area contributed by atoms with Crippen molar-refractivity contribution in [3.8, 4) is 11.1 Å². The highest BCUT2D eigenvalue weighted by Crippen LogP contribution is 2.56. The van der Waals surface area contributed by atoms with Crippen LogP contribution in [-0.4, -0.2) is 54.6 Å². The van der Waals surface area contributed by atoms with Gasteiger partial charge in [0.05, 0.1) is 9.79 Å². The third kappa shape index (κ3) is 4.93. The highest BCUT2D eigenvalue weighted by molar-refractivity contribution is 7.96. The summed E-state index contributed by atoms with van der Waals surface area (Å²) >= 11 is 6.00. The molecule has 3 unspecified atom stereocenters. The molecule has 1 aromatic heterocycles. The largest absolute Gasteiger partial charge is 0.444 e. The summed E-state index contributed by atoms with van der Waals surface area (Å²) in [4.78, 5) is 16.9. The van der Waals surface area contributed by atoms with E-state index >= 15 is 8.42 Å². The standard InChI is InChI=1S/C30H33ClN2O6S2/c1-19-6-10-23(11-7-19)40(35,36)26-17-22-14-15-30(26,33(22)28(34)39-29(3,4)5)41(37,38)25-12-8-20(2)16-24(25)21-9-13-27(31)32-18-21/h6-13,16,18,22,26H,14-15,17H2,1-5H3. The molecular weight excluding hydrogens is 584 g/mol. The molecular formula is C30H33ClN2O6S2. The second-order valence-electron chi connectivity index (χ2n) is 11.8. The predicted molar refractivity (Wildman–Crippen MR) is 157 cm³/mol. The van der Waals surface area contributed by atoms with Crippen LogP contribution in [0.15, 0.2) is 70.6 Å². The Bertz CT molecular complexity index is 1720. The average Bonchev–Trinajstić information content (AvgIpc) is 3.44. The highest BCUT2D eigenvalue weighted by atomic mass is 35.5. The smallest absolute Gasteiger partial charge is 0.411 e. The third-order valence-corrected chi connectivity index (χ3v) is 13.0. The summed E-state index contributed by atoms with van der Waals surface area (Å²) in [5.41, 5.74) is 1.61. The minimum absolute atomic E-state index is 0.0155. The summed E-state index contributed by atoms with van der Waals surface area (Å²) in [5.74, 6) is 0. The van der Waals surface area contributed by atoms with Crippen molar-refractivity contribution in [2.45, 2.75) is 85.4 Å². The molecule has 41 heavy (non-hydrogen) atoms. The number of carbonyl (C=O) groups excluding carboxylic acids is 1. The number of fused-ring (bicyclic) bond motifs is 2. The lowest BCUT2D eigenvalue weighted by Gasteiger charge is -2.39. The SMILES string of the molecule is Cc1ccc(S(=O)(=O)C2CC3CCC2(S(=O)(=O)c2ccc(C)cc2-c2ccc(Cl)nc2)N3C(=O)OC(C)(C)C)cc1. The van der Waals surface area contributed by atoms with E-state index in [0.717, 1.165) is 11.1 Å². The van der Waals surface area contributed by atoms with Crippen molar-refractivity contribution in [1.82, 2.24) is 9.88 Å². The van der Waals surface area contributed by atoms with Gasteiger partial charge in [-0.2, -0.15) is 0 Å². The van der Waals surface area contributed by atoms with Crippen molar-refractivity contribution in [1.29, 1.82) is 0 Å². The lowest BCUT2D eigenvalue weighted by molar-refractivity contribution is 0.0183. The summed E-state index contributed by atoms with van der Waals surface area (Å²) in [6.45, 7) is 8.75. The summed E-state index contributed by atoms with van der Waals surface area (Å²) in [7, 11) is -8.72. The van der Waals surface area contributed by atoms with Gasteiger partial charge in [0.15, 0.2) is 14.7 Å². The molecule has 2 aliphatic heterocycles. The topological polar surface area (TPSA) is 111 Å². The number of benzene rings is 2. The Hall–Kier alpha value is -2.95. The normalized spacial score (nSPS) is 22.6. The molecule has 2 fully saturated rings. The first-order valence-corrected chi connectivity index (χ1v) is 16.8. The van der Waals surface area contributed by atoms with Crippen LogP contribution in [-0.2, 0) is 24.4 Å². The number of aryl methyl sites for hydroxylation is 2. The lowest BCUT2D eigenvalue weighted by atomic mass is 10.00. The van der Waals surface area contributed by atoms with E-state index < -0.39 is 47.5 Å². The summed E-state index contributed by atoms with van der Waals surface area (Å²) in [6, 6.07) is 13.8. The van der Waals surface area contributed by atoms with Crippen molar-refractivity contribution in [3.63, 3.8) is 0 Å². The maximum Gasteiger partial charge on any atom is 0.411 e. The number of nitrogens with zero attached hydrogens (tertiary/aromatic N) is 2. The second kappa shape index (κ2) is 10.1. The number of amides is 1. The van der Waals surface area contributed by atoms with Crippen LogP contribution < -0.4 is 0 Å². The predicted octanol–water partition coefficient (Wildman–Crippen LogP) is 6.13. The molecule has 11 heteroatoms. The highest BCUT2D eigenvalue weighted by Gasteiger charge is 2.71. The van der Waals surface area contributed by atoms with Gasteiger partial charge in [-0.05, 0) is 84.2 Å². The van der Waals surface area contributed by atoms with E-state index in [2.05, 4.69) is 4.98 Å². The summed E-state index contributed by atoms with van der Waals surface area (Å²) in [6.07, 6.45) is 0.917. The molecule has 2 bridgehead atoms. The van der Waals surface area contributed by atoms with Crippen LogP contribution in [0.5, 0.6) is 0 Å². The molecule has 0 saturated carbocycles. The zero-order valence-electron chi connectivity index (χ0n) is 23.6. The number of sulfone groups is 2. The van der Waals surface area contributed by atoms with Gasteiger partial charge < -0.3 is 4.74 Å². The molecule has 0 radical (unpaired) electrons. The Kier molecular flexibility index (Phi) is 7.28. The van der Waals surface area contributed by atoms with Crippen molar-refractivity contribution >= 4 is 37.4 Å². The minimum atomic E-state index is -4.53. The number of pyridine rings is 1. The van der Waals surface area contributed by atoms with Crippen LogP contribution in [0.3, 0.4) is 0 Å². The van der Waals surface area contributed by atoms with Crippen molar-refractivity contribution in [3.05, 3.63) is 77.1 Å². The second-order valence-corrected chi connectivity index (χ2v) is 16.5. The molecule has 8 nitrogen and oxygen atoms in total. The Labute approximate surface area is 246 Å². The van der Waals surface area contributed by atoms with Gasteiger partial charge in [0.1, 0.15) is 16.0 Å². The van der Waals surface area contributed by atoms with Gasteiger partial charge in [-0.15, -0.1) is 0 Å². The average molecular weight is 617 g/mol. The monoisotopic (exact) mass is 616 g/mol. The van der Waals surface area contributed by atoms with E-state index in [4.69, 9.17) is 16.3 Å². The number of halogens is 1. The van der Waals surface area contributed by atoms with E-state index in [9.17, 15) is 13.2 Å². The van der Waals surface area contributed by atoms with E-state index in [1.165, 1.54) is 29.3 Å². The molecule has 3 heterocycles. The summed E-state index contributed by atoms with van der Waals surface area (Å²) in [5, 5.41) is -1.15. The molecule has 0 N–H and O–H groups in total. The van der Waals surface area contributed by atoms with Gasteiger partial charge in [-0.3, -0.25) is 4.90 Å². The van der Waals surface area contributed by atoms with Crippen LogP contribution in [0.1, 0.15) is 51.2 Å². The number of hydrogen-bond acceptors (Lipinski definition) is 7. The first-order chi connectivity index (χ1) is 19.1. The van der Waals surface area contributed by atoms with Crippen molar-refractivity contribution in [2.75, 3.05) is 0 Å². The summed E-state index contributed by atoms with van der Waals surface area (Å²) < 4.78 is 64.3. The number of rotatable bonds is 5. The number of carbonyl (C=O) groups is 1. The van der Waals surface area contributed by atoms with Crippen LogP contribution in [0.4, 0.5) is 4.79 Å². The Balaban J connectivity index is 1.76. The van der Waals surface area contributed by atoms with Gasteiger partial charge in [-0.1, -0.05) is 47.0 Å². The van der Waals surface area contributed by atoms with Gasteiger partial charge in [0.2, 0.25) is 9.84 Å². The first kappa shape index (κ1) is 29.5. The molecule has 5 rings (SSSR count). The molecule has 2 aromatic carbocycles.